The molecule has 2 aromatic carbocycles. The van der Waals surface area contributed by atoms with Gasteiger partial charge in [0.05, 0.1) is 4.90 Å². The lowest BCUT2D eigenvalue weighted by molar-refractivity contribution is -0.121. The van der Waals surface area contributed by atoms with E-state index in [1.807, 2.05) is 31.2 Å². The van der Waals surface area contributed by atoms with Crippen LogP contribution in [0.4, 0.5) is 0 Å². The van der Waals surface area contributed by atoms with Crippen molar-refractivity contribution in [2.75, 3.05) is 6.61 Å². The van der Waals surface area contributed by atoms with Gasteiger partial charge in [0.2, 0.25) is 0 Å². The summed E-state index contributed by atoms with van der Waals surface area (Å²) in [6.07, 6.45) is 1.01. The van der Waals surface area contributed by atoms with E-state index >= 15 is 0 Å². The molecule has 0 aliphatic rings. The van der Waals surface area contributed by atoms with Gasteiger partial charge in [0, 0.05) is 6.42 Å². The fraction of sp³-hybridized carbons (Fsp3) is 0.267. The van der Waals surface area contributed by atoms with Crippen LogP contribution in [0, 0.1) is 0 Å². The van der Waals surface area contributed by atoms with Crippen molar-refractivity contribution < 1.29 is 17.4 Å². The number of benzene rings is 2. The van der Waals surface area contributed by atoms with Crippen LogP contribution in [-0.2, 0) is 19.1 Å². The Bertz CT molecular complexity index is 719. The summed E-state index contributed by atoms with van der Waals surface area (Å²) >= 11 is 0. The Balaban J connectivity index is 2.21. The molecule has 0 aliphatic carbocycles. The molecule has 0 spiro atoms. The number of fused-ring (bicyclic) bond motifs is 1. The summed E-state index contributed by atoms with van der Waals surface area (Å²) in [6, 6.07) is 12.2. The average molecular weight is 292 g/mol. The molecule has 20 heavy (non-hydrogen) atoms. The van der Waals surface area contributed by atoms with Gasteiger partial charge in [-0.1, -0.05) is 37.3 Å². The first-order chi connectivity index (χ1) is 9.53. The van der Waals surface area contributed by atoms with Gasteiger partial charge in [-0.15, -0.1) is 0 Å². The molecule has 2 aromatic rings. The van der Waals surface area contributed by atoms with Crippen molar-refractivity contribution in [3.63, 3.8) is 0 Å². The largest absolute Gasteiger partial charge is 0.297 e. The number of rotatable bonds is 6. The van der Waals surface area contributed by atoms with Gasteiger partial charge in [-0.3, -0.25) is 8.98 Å². The third-order valence-corrected chi connectivity index (χ3v) is 4.17. The Morgan fingerprint density at radius 1 is 1.10 bits per heavy atom. The molecule has 4 nitrogen and oxygen atoms in total. The molecule has 0 saturated heterocycles. The summed E-state index contributed by atoms with van der Waals surface area (Å²) in [5, 5.41) is 1.77. The standard InChI is InChI=1S/C15H16O4S/c1-2-5-14(16)11-19-20(17,18)15-9-8-12-6-3-4-7-13(12)10-15/h3-4,6-10H,2,5,11H2,1H3. The van der Waals surface area contributed by atoms with Gasteiger partial charge in [0.1, 0.15) is 6.61 Å². The number of ketones is 1. The first-order valence-electron chi connectivity index (χ1n) is 6.43. The van der Waals surface area contributed by atoms with Crippen LogP contribution in [0.2, 0.25) is 0 Å². The Kier molecular flexibility index (Phi) is 4.52. The Morgan fingerprint density at radius 3 is 2.50 bits per heavy atom. The zero-order chi connectivity index (χ0) is 14.6. The molecule has 0 bridgehead atoms. The first-order valence-corrected chi connectivity index (χ1v) is 7.83. The van der Waals surface area contributed by atoms with Gasteiger partial charge in [-0.05, 0) is 29.3 Å². The molecular formula is C15H16O4S. The molecular weight excluding hydrogens is 276 g/mol. The topological polar surface area (TPSA) is 60.4 Å². The fourth-order valence-corrected chi connectivity index (χ4v) is 2.81. The maximum absolute atomic E-state index is 12.0. The van der Waals surface area contributed by atoms with Crippen LogP contribution in [0.1, 0.15) is 19.8 Å². The molecule has 2 rings (SSSR count). The van der Waals surface area contributed by atoms with E-state index in [1.165, 1.54) is 6.07 Å². The zero-order valence-electron chi connectivity index (χ0n) is 11.2. The summed E-state index contributed by atoms with van der Waals surface area (Å²) in [5.41, 5.74) is 0. The summed E-state index contributed by atoms with van der Waals surface area (Å²) in [4.78, 5) is 11.4. The summed E-state index contributed by atoms with van der Waals surface area (Å²) in [5.74, 6) is -0.211. The summed E-state index contributed by atoms with van der Waals surface area (Å²) in [6.45, 7) is 1.46. The second-order valence-electron chi connectivity index (χ2n) is 4.51. The molecule has 0 amide bonds. The summed E-state index contributed by atoms with van der Waals surface area (Å²) < 4.78 is 28.8. The lowest BCUT2D eigenvalue weighted by Gasteiger charge is -2.06. The van der Waals surface area contributed by atoms with E-state index in [1.54, 1.807) is 12.1 Å². The predicted molar refractivity (Wildman–Crippen MR) is 77.0 cm³/mol. The zero-order valence-corrected chi connectivity index (χ0v) is 12.0. The van der Waals surface area contributed by atoms with Crippen LogP contribution >= 0.6 is 0 Å². The van der Waals surface area contributed by atoms with Gasteiger partial charge in [0.15, 0.2) is 5.78 Å². The Hall–Kier alpha value is -1.72. The quantitative estimate of drug-likeness (QED) is 0.768. The maximum Gasteiger partial charge on any atom is 0.297 e. The van der Waals surface area contributed by atoms with Crippen LogP contribution in [0.5, 0.6) is 0 Å². The third kappa shape index (κ3) is 3.43. The van der Waals surface area contributed by atoms with Crippen molar-refractivity contribution in [1.82, 2.24) is 0 Å². The molecule has 0 unspecified atom stereocenters. The molecule has 106 valence electrons. The maximum atomic E-state index is 12.0. The van der Waals surface area contributed by atoms with E-state index in [4.69, 9.17) is 4.18 Å². The molecule has 0 aliphatic heterocycles. The van der Waals surface area contributed by atoms with E-state index in [9.17, 15) is 13.2 Å². The minimum absolute atomic E-state index is 0.0699. The Morgan fingerprint density at radius 2 is 1.80 bits per heavy atom. The smallest absolute Gasteiger partial charge is 0.297 e. The van der Waals surface area contributed by atoms with Crippen LogP contribution in [0.15, 0.2) is 47.4 Å². The van der Waals surface area contributed by atoms with E-state index in [0.717, 1.165) is 10.8 Å². The average Bonchev–Trinajstić information content (AvgIpc) is 2.45. The molecule has 5 heteroatoms. The van der Waals surface area contributed by atoms with Crippen molar-refractivity contribution in [2.45, 2.75) is 24.7 Å². The van der Waals surface area contributed by atoms with Crippen molar-refractivity contribution in [3.8, 4) is 0 Å². The number of hydrogen-bond acceptors (Lipinski definition) is 4. The van der Waals surface area contributed by atoms with E-state index in [0.29, 0.717) is 12.8 Å². The first kappa shape index (κ1) is 14.7. The normalized spacial score (nSPS) is 11.7. The van der Waals surface area contributed by atoms with Gasteiger partial charge in [-0.25, -0.2) is 0 Å². The minimum atomic E-state index is -3.89. The molecule has 0 aromatic heterocycles. The predicted octanol–water partition coefficient (Wildman–Crippen LogP) is 2.91. The van der Waals surface area contributed by atoms with Crippen molar-refractivity contribution in [3.05, 3.63) is 42.5 Å². The molecule has 0 fully saturated rings. The fourth-order valence-electron chi connectivity index (χ4n) is 1.89. The van der Waals surface area contributed by atoms with Crippen molar-refractivity contribution in [1.29, 1.82) is 0 Å². The Labute approximate surface area is 118 Å². The van der Waals surface area contributed by atoms with E-state index in [2.05, 4.69) is 0 Å². The lowest BCUT2D eigenvalue weighted by atomic mass is 10.1. The molecule has 0 heterocycles. The highest BCUT2D eigenvalue weighted by Crippen LogP contribution is 2.20. The van der Waals surface area contributed by atoms with Gasteiger partial charge < -0.3 is 0 Å². The van der Waals surface area contributed by atoms with E-state index in [-0.39, 0.29) is 10.7 Å². The lowest BCUT2D eigenvalue weighted by Crippen LogP contribution is -2.14. The van der Waals surface area contributed by atoms with Crippen LogP contribution in [0.25, 0.3) is 10.8 Å². The third-order valence-electron chi connectivity index (χ3n) is 2.91. The number of carbonyl (C=O) groups excluding carboxylic acids is 1. The van der Waals surface area contributed by atoms with Crippen LogP contribution in [-0.4, -0.2) is 20.8 Å². The van der Waals surface area contributed by atoms with Crippen molar-refractivity contribution >= 4 is 26.7 Å². The summed E-state index contributed by atoms with van der Waals surface area (Å²) in [7, 11) is -3.89. The van der Waals surface area contributed by atoms with Gasteiger partial charge in [-0.2, -0.15) is 8.42 Å². The van der Waals surface area contributed by atoms with Gasteiger partial charge in [0.25, 0.3) is 10.1 Å². The highest BCUT2D eigenvalue weighted by atomic mass is 32.2. The molecule has 0 N–H and O–H groups in total. The number of hydrogen-bond donors (Lipinski definition) is 0. The minimum Gasteiger partial charge on any atom is -0.297 e. The van der Waals surface area contributed by atoms with Gasteiger partial charge >= 0.3 is 0 Å². The second kappa shape index (κ2) is 6.15. The van der Waals surface area contributed by atoms with Crippen LogP contribution < -0.4 is 0 Å². The second-order valence-corrected chi connectivity index (χ2v) is 6.13. The highest BCUT2D eigenvalue weighted by molar-refractivity contribution is 7.86. The number of Topliss-reactive ketones (excluding diaryl/α,β-unsaturated/α-hetero) is 1. The SMILES string of the molecule is CCCC(=O)COS(=O)(=O)c1ccc2ccccc2c1. The highest BCUT2D eigenvalue weighted by Gasteiger charge is 2.17. The van der Waals surface area contributed by atoms with E-state index < -0.39 is 16.7 Å². The number of carbonyl (C=O) groups is 1. The monoisotopic (exact) mass is 292 g/mol. The molecule has 0 radical (unpaired) electrons. The molecule has 0 saturated carbocycles. The van der Waals surface area contributed by atoms with Crippen LogP contribution in [0.3, 0.4) is 0 Å². The van der Waals surface area contributed by atoms with Crippen molar-refractivity contribution in [2.24, 2.45) is 0 Å². The molecule has 0 atom stereocenters.